The predicted molar refractivity (Wildman–Crippen MR) is 58.7 cm³/mol. The lowest BCUT2D eigenvalue weighted by Gasteiger charge is -2.00. The molecule has 0 aliphatic rings. The molecular weight excluding hydrogens is 214 g/mol. The number of hydrogen-bond acceptors (Lipinski definition) is 2. The molecule has 0 fully saturated rings. The van der Waals surface area contributed by atoms with Crippen LogP contribution in [0.1, 0.15) is 12.0 Å². The van der Waals surface area contributed by atoms with Crippen LogP contribution in [0.2, 0.25) is 5.02 Å². The number of ether oxygens (including phenoxy) is 1. The topological polar surface area (TPSA) is 52.3 Å². The summed E-state index contributed by atoms with van der Waals surface area (Å²) in [7, 11) is 1.56. The van der Waals surface area contributed by atoms with Gasteiger partial charge in [-0.3, -0.25) is 4.79 Å². The normalized spacial score (nSPS) is 8.93. The summed E-state index contributed by atoms with van der Waals surface area (Å²) in [5.41, 5.74) is 5.57. The van der Waals surface area contributed by atoms with Gasteiger partial charge in [0.05, 0.1) is 18.6 Å². The van der Waals surface area contributed by atoms with Crippen molar-refractivity contribution in [2.75, 3.05) is 7.11 Å². The van der Waals surface area contributed by atoms with Crippen LogP contribution in [0.25, 0.3) is 0 Å². The lowest BCUT2D eigenvalue weighted by atomic mass is 10.2. The van der Waals surface area contributed by atoms with E-state index in [1.54, 1.807) is 25.3 Å². The summed E-state index contributed by atoms with van der Waals surface area (Å²) in [6, 6.07) is 5.13. The Morgan fingerprint density at radius 2 is 2.33 bits per heavy atom. The van der Waals surface area contributed by atoms with E-state index in [0.29, 0.717) is 16.3 Å². The molecule has 78 valence electrons. The first-order valence-corrected chi connectivity index (χ1v) is 4.62. The van der Waals surface area contributed by atoms with E-state index >= 15 is 0 Å². The van der Waals surface area contributed by atoms with Gasteiger partial charge in [0.25, 0.3) is 0 Å². The summed E-state index contributed by atoms with van der Waals surface area (Å²) >= 11 is 5.89. The summed E-state index contributed by atoms with van der Waals surface area (Å²) in [6.07, 6.45) is 0.0214. The Hall–Kier alpha value is -1.66. The summed E-state index contributed by atoms with van der Waals surface area (Å²) in [6.45, 7) is 0. The Balaban J connectivity index is 2.91. The summed E-state index contributed by atoms with van der Waals surface area (Å²) < 4.78 is 5.02. The number of amides is 1. The van der Waals surface area contributed by atoms with Crippen molar-refractivity contribution in [1.29, 1.82) is 0 Å². The number of methoxy groups -OCH3 is 1. The molecular formula is C11H10ClNO2. The first-order chi connectivity index (χ1) is 7.13. The van der Waals surface area contributed by atoms with E-state index in [9.17, 15) is 4.79 Å². The average Bonchev–Trinajstić information content (AvgIpc) is 2.20. The largest absolute Gasteiger partial charge is 0.497 e. The molecule has 0 spiro atoms. The number of carbonyl (C=O) groups excluding carboxylic acids is 1. The Bertz CT molecular complexity index is 432. The van der Waals surface area contributed by atoms with Crippen molar-refractivity contribution in [3.8, 4) is 17.6 Å². The van der Waals surface area contributed by atoms with Crippen molar-refractivity contribution >= 4 is 17.5 Å². The number of carbonyl (C=O) groups is 1. The summed E-state index contributed by atoms with van der Waals surface area (Å²) in [5, 5.41) is 0.521. The number of benzene rings is 1. The van der Waals surface area contributed by atoms with Gasteiger partial charge in [0, 0.05) is 5.56 Å². The van der Waals surface area contributed by atoms with Crippen LogP contribution in [-0.2, 0) is 4.79 Å². The standard InChI is InChI=1S/C11H10ClNO2/c1-15-9-5-6-10(12)8(7-9)3-2-4-11(13)14/h5-7H,4H2,1H3,(H2,13,14). The van der Waals surface area contributed by atoms with Crippen molar-refractivity contribution in [1.82, 2.24) is 0 Å². The van der Waals surface area contributed by atoms with Gasteiger partial charge < -0.3 is 10.5 Å². The minimum Gasteiger partial charge on any atom is -0.497 e. The molecule has 0 heterocycles. The van der Waals surface area contributed by atoms with Crippen LogP contribution >= 0.6 is 11.6 Å². The number of hydrogen-bond donors (Lipinski definition) is 1. The molecule has 0 saturated heterocycles. The van der Waals surface area contributed by atoms with E-state index in [4.69, 9.17) is 22.1 Å². The van der Waals surface area contributed by atoms with Crippen LogP contribution in [-0.4, -0.2) is 13.0 Å². The van der Waals surface area contributed by atoms with Crippen molar-refractivity contribution in [2.24, 2.45) is 5.73 Å². The van der Waals surface area contributed by atoms with E-state index in [-0.39, 0.29) is 6.42 Å². The van der Waals surface area contributed by atoms with Crippen molar-refractivity contribution in [2.45, 2.75) is 6.42 Å². The molecule has 0 bridgehead atoms. The van der Waals surface area contributed by atoms with Gasteiger partial charge in [-0.2, -0.15) is 0 Å². The number of primary amides is 1. The molecule has 2 N–H and O–H groups in total. The maximum absolute atomic E-state index is 10.5. The van der Waals surface area contributed by atoms with E-state index in [0.717, 1.165) is 0 Å². The summed E-state index contributed by atoms with van der Waals surface area (Å²) in [4.78, 5) is 10.5. The molecule has 1 amide bonds. The van der Waals surface area contributed by atoms with Crippen molar-refractivity contribution < 1.29 is 9.53 Å². The molecule has 0 radical (unpaired) electrons. The van der Waals surface area contributed by atoms with Crippen LogP contribution in [0.5, 0.6) is 5.75 Å². The zero-order valence-corrected chi connectivity index (χ0v) is 8.97. The molecule has 4 heteroatoms. The SMILES string of the molecule is COc1ccc(Cl)c(C#CCC(N)=O)c1. The van der Waals surface area contributed by atoms with Gasteiger partial charge in [-0.1, -0.05) is 23.4 Å². The highest BCUT2D eigenvalue weighted by atomic mass is 35.5. The highest BCUT2D eigenvalue weighted by Crippen LogP contribution is 2.20. The number of rotatable bonds is 2. The van der Waals surface area contributed by atoms with E-state index in [1.807, 2.05) is 0 Å². The highest BCUT2D eigenvalue weighted by Gasteiger charge is 1.99. The Labute approximate surface area is 93.2 Å². The second-order valence-electron chi connectivity index (χ2n) is 2.79. The fourth-order valence-corrected chi connectivity index (χ4v) is 1.12. The third kappa shape index (κ3) is 3.53. The van der Waals surface area contributed by atoms with E-state index in [1.165, 1.54) is 0 Å². The molecule has 0 atom stereocenters. The molecule has 0 aromatic heterocycles. The third-order valence-corrected chi connectivity index (χ3v) is 1.99. The van der Waals surface area contributed by atoms with Crippen LogP contribution in [0.4, 0.5) is 0 Å². The van der Waals surface area contributed by atoms with Crippen LogP contribution in [0.15, 0.2) is 18.2 Å². The molecule has 0 saturated carbocycles. The fraction of sp³-hybridized carbons (Fsp3) is 0.182. The molecule has 0 aliphatic carbocycles. The van der Waals surface area contributed by atoms with E-state index < -0.39 is 5.91 Å². The van der Waals surface area contributed by atoms with Crippen molar-refractivity contribution in [3.05, 3.63) is 28.8 Å². The first-order valence-electron chi connectivity index (χ1n) is 4.24. The molecule has 1 rings (SSSR count). The maximum Gasteiger partial charge on any atom is 0.229 e. The van der Waals surface area contributed by atoms with Gasteiger partial charge in [-0.15, -0.1) is 0 Å². The Morgan fingerprint density at radius 3 is 2.93 bits per heavy atom. The molecule has 0 aliphatic heterocycles. The molecule has 15 heavy (non-hydrogen) atoms. The zero-order valence-electron chi connectivity index (χ0n) is 8.21. The van der Waals surface area contributed by atoms with Gasteiger partial charge in [0.15, 0.2) is 0 Å². The minimum atomic E-state index is -0.457. The van der Waals surface area contributed by atoms with Gasteiger partial charge in [-0.25, -0.2) is 0 Å². The lowest BCUT2D eigenvalue weighted by molar-refractivity contribution is -0.117. The van der Waals surface area contributed by atoms with Crippen LogP contribution < -0.4 is 10.5 Å². The number of nitrogens with two attached hydrogens (primary N) is 1. The van der Waals surface area contributed by atoms with Gasteiger partial charge >= 0.3 is 0 Å². The third-order valence-electron chi connectivity index (χ3n) is 1.66. The maximum atomic E-state index is 10.5. The van der Waals surface area contributed by atoms with E-state index in [2.05, 4.69) is 11.8 Å². The predicted octanol–water partition coefficient (Wildman–Crippen LogP) is 1.58. The highest BCUT2D eigenvalue weighted by molar-refractivity contribution is 6.31. The van der Waals surface area contributed by atoms with Crippen LogP contribution in [0.3, 0.4) is 0 Å². The smallest absolute Gasteiger partial charge is 0.229 e. The second kappa shape index (κ2) is 5.28. The van der Waals surface area contributed by atoms with Gasteiger partial charge in [0.2, 0.25) is 5.91 Å². The quantitative estimate of drug-likeness (QED) is 0.774. The molecule has 1 aromatic rings. The fourth-order valence-electron chi connectivity index (χ4n) is 0.954. The van der Waals surface area contributed by atoms with Crippen molar-refractivity contribution in [3.63, 3.8) is 0 Å². The van der Waals surface area contributed by atoms with Gasteiger partial charge in [0.1, 0.15) is 5.75 Å². The minimum absolute atomic E-state index is 0.0214. The average molecular weight is 224 g/mol. The Morgan fingerprint density at radius 1 is 1.60 bits per heavy atom. The molecule has 0 unspecified atom stereocenters. The van der Waals surface area contributed by atoms with Gasteiger partial charge in [-0.05, 0) is 18.2 Å². The summed E-state index contributed by atoms with van der Waals surface area (Å²) in [5.74, 6) is 5.60. The molecule has 1 aromatic carbocycles. The Kier molecular flexibility index (Phi) is 4.02. The molecule has 3 nitrogen and oxygen atoms in total. The lowest BCUT2D eigenvalue weighted by Crippen LogP contribution is -2.08. The first kappa shape index (κ1) is 11.4. The number of halogens is 1. The second-order valence-corrected chi connectivity index (χ2v) is 3.20. The van der Waals surface area contributed by atoms with Crippen LogP contribution in [0, 0.1) is 11.8 Å². The zero-order chi connectivity index (χ0) is 11.3. The monoisotopic (exact) mass is 223 g/mol.